The summed E-state index contributed by atoms with van der Waals surface area (Å²) >= 11 is 9.21. The van der Waals surface area contributed by atoms with E-state index in [0.29, 0.717) is 10.7 Å². The minimum absolute atomic E-state index is 0.107. The smallest absolute Gasteiger partial charge is 0.230 e. The molecule has 1 N–H and O–H groups in total. The van der Waals surface area contributed by atoms with Crippen LogP contribution in [-0.4, -0.2) is 10.9 Å². The van der Waals surface area contributed by atoms with E-state index >= 15 is 0 Å². The lowest BCUT2D eigenvalue weighted by atomic mass is 10.1. The average molecular weight is 340 g/mol. The number of aromatic nitrogens is 1. The molecule has 19 heavy (non-hydrogen) atoms. The largest absolute Gasteiger partial charge is 0.325 e. The van der Waals surface area contributed by atoms with E-state index in [-0.39, 0.29) is 12.3 Å². The Morgan fingerprint density at radius 1 is 1.42 bits per heavy atom. The van der Waals surface area contributed by atoms with Gasteiger partial charge in [-0.3, -0.25) is 9.78 Å². The Labute approximate surface area is 125 Å². The number of aryl methyl sites for hydroxylation is 1. The zero-order valence-electron chi connectivity index (χ0n) is 10.3. The van der Waals surface area contributed by atoms with Gasteiger partial charge in [-0.2, -0.15) is 0 Å². The first-order valence-electron chi connectivity index (χ1n) is 5.71. The summed E-state index contributed by atoms with van der Waals surface area (Å²) in [4.78, 5) is 16.2. The Kier molecular flexibility index (Phi) is 4.56. The van der Waals surface area contributed by atoms with Crippen molar-refractivity contribution in [3.63, 3.8) is 0 Å². The van der Waals surface area contributed by atoms with Gasteiger partial charge in [0.05, 0.1) is 17.8 Å². The maximum absolute atomic E-state index is 12.0. The van der Waals surface area contributed by atoms with E-state index in [1.54, 1.807) is 24.4 Å². The molecular formula is C14H12BrClN2O. The van der Waals surface area contributed by atoms with E-state index in [1.807, 2.05) is 19.1 Å². The quantitative estimate of drug-likeness (QED) is 0.919. The minimum Gasteiger partial charge on any atom is -0.325 e. The van der Waals surface area contributed by atoms with Crippen LogP contribution < -0.4 is 5.32 Å². The number of amides is 1. The van der Waals surface area contributed by atoms with Gasteiger partial charge in [-0.1, -0.05) is 17.7 Å². The standard InChI is InChI=1S/C14H12BrClN2O/c1-9-3-2-6-17-13(9)8-14(19)18-12-5-4-10(16)7-11(12)15/h2-7H,8H2,1H3,(H,18,19). The summed E-state index contributed by atoms with van der Waals surface area (Å²) in [5.74, 6) is -0.107. The van der Waals surface area contributed by atoms with Gasteiger partial charge < -0.3 is 5.32 Å². The number of carbonyl (C=O) groups is 1. The molecule has 2 aromatic rings. The average Bonchev–Trinajstić information content (AvgIpc) is 2.36. The molecular weight excluding hydrogens is 328 g/mol. The van der Waals surface area contributed by atoms with E-state index in [2.05, 4.69) is 26.2 Å². The topological polar surface area (TPSA) is 42.0 Å². The number of halogens is 2. The predicted molar refractivity (Wildman–Crippen MR) is 80.5 cm³/mol. The third-order valence-corrected chi connectivity index (χ3v) is 3.54. The molecule has 2 rings (SSSR count). The molecule has 0 unspecified atom stereocenters. The number of nitrogens with zero attached hydrogens (tertiary/aromatic N) is 1. The van der Waals surface area contributed by atoms with Crippen molar-refractivity contribution in [2.75, 3.05) is 5.32 Å². The van der Waals surface area contributed by atoms with Crippen LogP contribution in [0.4, 0.5) is 5.69 Å². The predicted octanol–water partition coefficient (Wildman–Crippen LogP) is 3.99. The minimum atomic E-state index is -0.107. The van der Waals surface area contributed by atoms with Crippen LogP contribution in [0.2, 0.25) is 5.02 Å². The lowest BCUT2D eigenvalue weighted by molar-refractivity contribution is -0.115. The lowest BCUT2D eigenvalue weighted by Gasteiger charge is -2.08. The molecule has 0 spiro atoms. The van der Waals surface area contributed by atoms with Gasteiger partial charge in [-0.15, -0.1) is 0 Å². The molecule has 1 aromatic carbocycles. The molecule has 5 heteroatoms. The number of anilines is 1. The Balaban J connectivity index is 2.08. The third-order valence-electron chi connectivity index (χ3n) is 2.65. The first-order valence-corrected chi connectivity index (χ1v) is 6.89. The molecule has 1 aromatic heterocycles. The van der Waals surface area contributed by atoms with Crippen LogP contribution >= 0.6 is 27.5 Å². The van der Waals surface area contributed by atoms with Gasteiger partial charge in [-0.25, -0.2) is 0 Å². The number of benzene rings is 1. The fraction of sp³-hybridized carbons (Fsp3) is 0.143. The van der Waals surface area contributed by atoms with Crippen molar-refractivity contribution in [2.45, 2.75) is 13.3 Å². The summed E-state index contributed by atoms with van der Waals surface area (Å²) in [7, 11) is 0. The zero-order valence-corrected chi connectivity index (χ0v) is 12.6. The second-order valence-corrected chi connectivity index (χ2v) is 5.41. The molecule has 0 bridgehead atoms. The molecule has 0 aliphatic carbocycles. The normalized spacial score (nSPS) is 10.3. The Hall–Kier alpha value is -1.39. The number of hydrogen-bond acceptors (Lipinski definition) is 2. The molecule has 3 nitrogen and oxygen atoms in total. The van der Waals surface area contributed by atoms with Crippen molar-refractivity contribution < 1.29 is 4.79 Å². The number of nitrogens with one attached hydrogen (secondary N) is 1. The monoisotopic (exact) mass is 338 g/mol. The van der Waals surface area contributed by atoms with Gasteiger partial charge in [0.25, 0.3) is 0 Å². The van der Waals surface area contributed by atoms with Crippen LogP contribution in [0.1, 0.15) is 11.3 Å². The molecule has 1 amide bonds. The second-order valence-electron chi connectivity index (χ2n) is 4.12. The van der Waals surface area contributed by atoms with E-state index in [9.17, 15) is 4.79 Å². The van der Waals surface area contributed by atoms with Crippen LogP contribution in [-0.2, 0) is 11.2 Å². The molecule has 98 valence electrons. The van der Waals surface area contributed by atoms with Crippen LogP contribution in [0.15, 0.2) is 41.0 Å². The maximum Gasteiger partial charge on any atom is 0.230 e. The van der Waals surface area contributed by atoms with Crippen LogP contribution in [0.5, 0.6) is 0 Å². The van der Waals surface area contributed by atoms with E-state index in [4.69, 9.17) is 11.6 Å². The van der Waals surface area contributed by atoms with E-state index in [1.165, 1.54) is 0 Å². The van der Waals surface area contributed by atoms with Crippen molar-refractivity contribution in [3.8, 4) is 0 Å². The Morgan fingerprint density at radius 2 is 2.21 bits per heavy atom. The first kappa shape index (κ1) is 14.0. The highest BCUT2D eigenvalue weighted by Crippen LogP contribution is 2.25. The van der Waals surface area contributed by atoms with Gasteiger partial charge >= 0.3 is 0 Å². The summed E-state index contributed by atoms with van der Waals surface area (Å²) in [5, 5.41) is 3.44. The SMILES string of the molecule is Cc1cccnc1CC(=O)Nc1ccc(Cl)cc1Br. The zero-order chi connectivity index (χ0) is 13.8. The molecule has 1 heterocycles. The fourth-order valence-electron chi connectivity index (χ4n) is 1.64. The number of pyridine rings is 1. The van der Waals surface area contributed by atoms with Crippen molar-refractivity contribution in [3.05, 3.63) is 57.3 Å². The third kappa shape index (κ3) is 3.78. The lowest BCUT2D eigenvalue weighted by Crippen LogP contribution is -2.16. The molecule has 0 aliphatic rings. The highest BCUT2D eigenvalue weighted by molar-refractivity contribution is 9.10. The molecule has 0 radical (unpaired) electrons. The summed E-state index contributed by atoms with van der Waals surface area (Å²) < 4.78 is 0.756. The summed E-state index contributed by atoms with van der Waals surface area (Å²) in [6, 6.07) is 9.02. The van der Waals surface area contributed by atoms with E-state index in [0.717, 1.165) is 15.7 Å². The van der Waals surface area contributed by atoms with Crippen molar-refractivity contribution in [2.24, 2.45) is 0 Å². The van der Waals surface area contributed by atoms with Gasteiger partial charge in [-0.05, 0) is 52.7 Å². The molecule has 0 saturated carbocycles. The molecule has 0 aliphatic heterocycles. The second kappa shape index (κ2) is 6.17. The van der Waals surface area contributed by atoms with Gasteiger partial charge in [0.15, 0.2) is 0 Å². The number of hydrogen-bond donors (Lipinski definition) is 1. The van der Waals surface area contributed by atoms with Crippen LogP contribution in [0.25, 0.3) is 0 Å². The summed E-state index contributed by atoms with van der Waals surface area (Å²) in [6.07, 6.45) is 1.94. The fourth-order valence-corrected chi connectivity index (χ4v) is 2.42. The first-order chi connectivity index (χ1) is 9.06. The Morgan fingerprint density at radius 3 is 2.89 bits per heavy atom. The summed E-state index contributed by atoms with van der Waals surface area (Å²) in [5.41, 5.74) is 2.49. The highest BCUT2D eigenvalue weighted by Gasteiger charge is 2.09. The van der Waals surface area contributed by atoms with Gasteiger partial charge in [0.1, 0.15) is 0 Å². The van der Waals surface area contributed by atoms with Crippen LogP contribution in [0, 0.1) is 6.92 Å². The molecule has 0 saturated heterocycles. The number of carbonyl (C=O) groups excluding carboxylic acids is 1. The molecule has 0 fully saturated rings. The van der Waals surface area contributed by atoms with Crippen molar-refractivity contribution in [1.29, 1.82) is 0 Å². The number of rotatable bonds is 3. The van der Waals surface area contributed by atoms with Gasteiger partial charge in [0, 0.05) is 15.7 Å². The molecule has 0 atom stereocenters. The maximum atomic E-state index is 12.0. The van der Waals surface area contributed by atoms with Crippen LogP contribution in [0.3, 0.4) is 0 Å². The van der Waals surface area contributed by atoms with E-state index < -0.39 is 0 Å². The summed E-state index contributed by atoms with van der Waals surface area (Å²) in [6.45, 7) is 1.94. The van der Waals surface area contributed by atoms with Crippen molar-refractivity contribution >= 4 is 39.1 Å². The highest BCUT2D eigenvalue weighted by atomic mass is 79.9. The van der Waals surface area contributed by atoms with Gasteiger partial charge in [0.2, 0.25) is 5.91 Å². The Bertz CT molecular complexity index is 616. The van der Waals surface area contributed by atoms with Crippen molar-refractivity contribution in [1.82, 2.24) is 4.98 Å².